The maximum Gasteiger partial charge on any atom is 0.485 e. The van der Waals surface area contributed by atoms with E-state index in [9.17, 15) is 18.0 Å². The second-order valence-corrected chi connectivity index (χ2v) is 11.4. The Labute approximate surface area is 216 Å². The van der Waals surface area contributed by atoms with Crippen molar-refractivity contribution in [2.24, 2.45) is 0 Å². The minimum absolute atomic E-state index is 0.0581. The number of aryl methyl sites for hydroxylation is 2. The van der Waals surface area contributed by atoms with Crippen LogP contribution in [0.15, 0.2) is 118 Å². The van der Waals surface area contributed by atoms with Gasteiger partial charge >= 0.3 is 5.51 Å². The highest BCUT2D eigenvalue weighted by molar-refractivity contribution is 7.97. The normalized spacial score (nSPS) is 11.5. The summed E-state index contributed by atoms with van der Waals surface area (Å²) >= 11 is 0. The molecule has 0 aromatic heterocycles. The van der Waals surface area contributed by atoms with Gasteiger partial charge in [0.25, 0.3) is 0 Å². The first kappa shape index (κ1) is 28.2. The number of alkyl halides is 3. The maximum atomic E-state index is 12.7. The Bertz CT molecular complexity index is 1390. The SMILES string of the molecule is Cc1ccc([S+](c2ccc(C)cc2)c2ccc(C(=O)c3ccccc3)cc2)cc1.O=S(=O)([O-])C(F)(F)F. The summed E-state index contributed by atoms with van der Waals surface area (Å²) in [6, 6.07) is 35.0. The molecule has 0 saturated carbocycles. The van der Waals surface area contributed by atoms with E-state index in [2.05, 4.69) is 74.5 Å². The molecule has 0 radical (unpaired) electrons. The molecule has 0 aliphatic carbocycles. The number of carbonyl (C=O) groups excluding carboxylic acids is 1. The fourth-order valence-corrected chi connectivity index (χ4v) is 5.30. The third kappa shape index (κ3) is 7.55. The largest absolute Gasteiger partial charge is 0.741 e. The Hall–Kier alpha value is -3.40. The van der Waals surface area contributed by atoms with Crippen LogP contribution in [0.3, 0.4) is 0 Å². The standard InChI is InChI=1S/C27H23OS.CHF3O3S/c1-20-8-14-24(15-9-20)29(25-16-10-21(2)11-17-25)26-18-12-23(13-19-26)27(28)22-6-4-3-5-7-22;2-1(3,4)8(5,6)7/h3-19H,1-2H3;(H,5,6,7)/q+1;/p-1. The molecule has 0 N–H and O–H groups in total. The average molecular weight is 545 g/mol. The van der Waals surface area contributed by atoms with Crippen LogP contribution in [0.2, 0.25) is 0 Å². The van der Waals surface area contributed by atoms with Crippen LogP contribution in [0.5, 0.6) is 0 Å². The molecule has 0 spiro atoms. The van der Waals surface area contributed by atoms with Crippen molar-refractivity contribution >= 4 is 26.8 Å². The number of rotatable bonds is 5. The molecule has 0 aliphatic rings. The number of carbonyl (C=O) groups is 1. The van der Waals surface area contributed by atoms with Crippen LogP contribution < -0.4 is 0 Å². The number of hydrogen-bond donors (Lipinski definition) is 0. The van der Waals surface area contributed by atoms with Gasteiger partial charge in [-0.15, -0.1) is 0 Å². The third-order valence-electron chi connectivity index (χ3n) is 5.19. The fraction of sp³-hybridized carbons (Fsp3) is 0.107. The van der Waals surface area contributed by atoms with Gasteiger partial charge in [0.1, 0.15) is 0 Å². The van der Waals surface area contributed by atoms with E-state index in [-0.39, 0.29) is 16.7 Å². The Balaban J connectivity index is 0.000000414. The highest BCUT2D eigenvalue weighted by atomic mass is 32.2. The number of hydrogen-bond acceptors (Lipinski definition) is 4. The van der Waals surface area contributed by atoms with Crippen LogP contribution in [0, 0.1) is 13.8 Å². The topological polar surface area (TPSA) is 74.3 Å². The Morgan fingerprint density at radius 1 is 0.649 bits per heavy atom. The first-order chi connectivity index (χ1) is 17.4. The molecule has 4 rings (SSSR count). The second kappa shape index (κ2) is 11.8. The molecule has 0 fully saturated rings. The molecule has 192 valence electrons. The van der Waals surface area contributed by atoms with Crippen LogP contribution in [0.1, 0.15) is 27.0 Å². The summed E-state index contributed by atoms with van der Waals surface area (Å²) < 4.78 is 58.9. The van der Waals surface area contributed by atoms with Crippen molar-refractivity contribution in [3.63, 3.8) is 0 Å². The van der Waals surface area contributed by atoms with Crippen LogP contribution in [-0.2, 0) is 21.0 Å². The fourth-order valence-electron chi connectivity index (χ4n) is 3.26. The molecule has 0 atom stereocenters. The Morgan fingerprint density at radius 2 is 0.973 bits per heavy atom. The summed E-state index contributed by atoms with van der Waals surface area (Å²) in [5.74, 6) is 0.0581. The zero-order chi connectivity index (χ0) is 27.2. The van der Waals surface area contributed by atoms with Gasteiger partial charge in [0, 0.05) is 11.1 Å². The van der Waals surface area contributed by atoms with E-state index in [0.29, 0.717) is 0 Å². The zero-order valence-electron chi connectivity index (χ0n) is 19.9. The van der Waals surface area contributed by atoms with Gasteiger partial charge in [0.15, 0.2) is 30.6 Å². The highest BCUT2D eigenvalue weighted by Gasteiger charge is 2.37. The molecule has 9 heteroatoms. The summed E-state index contributed by atoms with van der Waals surface area (Å²) in [5.41, 5.74) is -1.70. The highest BCUT2D eigenvalue weighted by Crippen LogP contribution is 2.32. The minimum Gasteiger partial charge on any atom is -0.741 e. The molecule has 4 aromatic carbocycles. The van der Waals surface area contributed by atoms with E-state index >= 15 is 0 Å². The van der Waals surface area contributed by atoms with Gasteiger partial charge in [-0.25, -0.2) is 8.42 Å². The van der Waals surface area contributed by atoms with E-state index in [1.165, 1.54) is 25.8 Å². The van der Waals surface area contributed by atoms with Crippen molar-refractivity contribution in [1.29, 1.82) is 0 Å². The summed E-state index contributed by atoms with van der Waals surface area (Å²) in [4.78, 5) is 16.5. The van der Waals surface area contributed by atoms with Crippen molar-refractivity contribution in [2.75, 3.05) is 0 Å². The van der Waals surface area contributed by atoms with E-state index in [1.54, 1.807) is 0 Å². The van der Waals surface area contributed by atoms with Crippen molar-refractivity contribution in [2.45, 2.75) is 34.0 Å². The number of benzene rings is 4. The van der Waals surface area contributed by atoms with Crippen molar-refractivity contribution < 1.29 is 30.9 Å². The van der Waals surface area contributed by atoms with Gasteiger partial charge in [-0.1, -0.05) is 65.7 Å². The van der Waals surface area contributed by atoms with Gasteiger partial charge in [-0.3, -0.25) is 4.79 Å². The first-order valence-corrected chi connectivity index (χ1v) is 13.6. The van der Waals surface area contributed by atoms with E-state index in [0.717, 1.165) is 11.1 Å². The predicted octanol–water partition coefficient (Wildman–Crippen LogP) is 6.68. The van der Waals surface area contributed by atoms with Crippen LogP contribution >= 0.6 is 0 Å². The molecule has 0 saturated heterocycles. The lowest BCUT2D eigenvalue weighted by Gasteiger charge is -2.09. The lowest BCUT2D eigenvalue weighted by Crippen LogP contribution is -2.21. The van der Waals surface area contributed by atoms with Crippen molar-refractivity contribution in [3.05, 3.63) is 125 Å². The van der Waals surface area contributed by atoms with Crippen LogP contribution in [-0.4, -0.2) is 24.3 Å². The molecule has 37 heavy (non-hydrogen) atoms. The molecule has 0 unspecified atom stereocenters. The Kier molecular flexibility index (Phi) is 8.96. The Morgan fingerprint density at radius 3 is 1.32 bits per heavy atom. The predicted molar refractivity (Wildman–Crippen MR) is 137 cm³/mol. The van der Waals surface area contributed by atoms with E-state index in [4.69, 9.17) is 13.0 Å². The summed E-state index contributed by atoms with van der Waals surface area (Å²) in [6.07, 6.45) is 0. The quantitative estimate of drug-likeness (QED) is 0.122. The third-order valence-corrected chi connectivity index (χ3v) is 7.98. The van der Waals surface area contributed by atoms with E-state index in [1.807, 2.05) is 42.5 Å². The summed E-state index contributed by atoms with van der Waals surface area (Å²) in [6.45, 7) is 4.22. The maximum absolute atomic E-state index is 12.7. The van der Waals surface area contributed by atoms with Crippen LogP contribution in [0.4, 0.5) is 13.2 Å². The van der Waals surface area contributed by atoms with E-state index < -0.39 is 15.6 Å². The molecule has 0 heterocycles. The number of ketones is 1. The monoisotopic (exact) mass is 544 g/mol. The summed E-state index contributed by atoms with van der Waals surface area (Å²) in [7, 11) is -6.30. The number of halogens is 3. The molecular weight excluding hydrogens is 521 g/mol. The molecule has 4 nitrogen and oxygen atoms in total. The molecular formula is C28H23F3O4S2. The van der Waals surface area contributed by atoms with Gasteiger partial charge in [-0.05, 0) is 62.4 Å². The van der Waals surface area contributed by atoms with Gasteiger partial charge in [-0.2, -0.15) is 13.2 Å². The lowest BCUT2D eigenvalue weighted by atomic mass is 10.0. The average Bonchev–Trinajstić information content (AvgIpc) is 2.86. The summed E-state index contributed by atoms with van der Waals surface area (Å²) in [5, 5.41) is 0. The van der Waals surface area contributed by atoms with Crippen molar-refractivity contribution in [3.8, 4) is 0 Å². The molecule has 0 amide bonds. The van der Waals surface area contributed by atoms with Gasteiger partial charge in [0.05, 0.1) is 10.9 Å². The molecule has 0 bridgehead atoms. The second-order valence-electron chi connectivity index (χ2n) is 8.05. The van der Waals surface area contributed by atoms with Crippen LogP contribution in [0.25, 0.3) is 0 Å². The van der Waals surface area contributed by atoms with Gasteiger partial charge in [0.2, 0.25) is 0 Å². The zero-order valence-corrected chi connectivity index (χ0v) is 21.5. The molecule has 4 aromatic rings. The van der Waals surface area contributed by atoms with Gasteiger partial charge < -0.3 is 4.55 Å². The molecule has 0 aliphatic heterocycles. The smallest absolute Gasteiger partial charge is 0.485 e. The first-order valence-electron chi connectivity index (χ1n) is 11.0. The minimum atomic E-state index is -6.09. The van der Waals surface area contributed by atoms with Crippen molar-refractivity contribution in [1.82, 2.24) is 0 Å². The lowest BCUT2D eigenvalue weighted by molar-refractivity contribution is -0.0517.